The molecular formula is C18H30N2O. The van der Waals surface area contributed by atoms with Crippen LogP contribution in [0.4, 0.5) is 0 Å². The van der Waals surface area contributed by atoms with E-state index in [1.54, 1.807) is 0 Å². The second-order valence-corrected chi connectivity index (χ2v) is 6.21. The first-order chi connectivity index (χ1) is 10.3. The molecule has 2 rings (SSSR count). The molecule has 0 radical (unpaired) electrons. The van der Waals surface area contributed by atoms with Crippen molar-refractivity contribution in [2.45, 2.75) is 51.1 Å². The number of aliphatic hydroxyl groups excluding tert-OH is 1. The number of likely N-dealkylation sites (tertiary alicyclic amines) is 1. The Morgan fingerprint density at radius 3 is 2.76 bits per heavy atom. The first-order valence-electron chi connectivity index (χ1n) is 8.45. The molecule has 0 saturated carbocycles. The van der Waals surface area contributed by atoms with Crippen LogP contribution in [0.3, 0.4) is 0 Å². The molecule has 2 atom stereocenters. The van der Waals surface area contributed by atoms with Gasteiger partial charge in [-0.3, -0.25) is 0 Å². The molecule has 1 aromatic carbocycles. The third-order valence-corrected chi connectivity index (χ3v) is 4.38. The molecule has 1 fully saturated rings. The van der Waals surface area contributed by atoms with Gasteiger partial charge in [0.2, 0.25) is 0 Å². The summed E-state index contributed by atoms with van der Waals surface area (Å²) in [4.78, 5) is 2.58. The van der Waals surface area contributed by atoms with Gasteiger partial charge in [0, 0.05) is 12.1 Å². The average Bonchev–Trinajstić information content (AvgIpc) is 2.73. The van der Waals surface area contributed by atoms with Crippen molar-refractivity contribution in [3.8, 4) is 0 Å². The van der Waals surface area contributed by atoms with Crippen molar-refractivity contribution in [2.75, 3.05) is 26.2 Å². The van der Waals surface area contributed by atoms with Crippen molar-refractivity contribution in [3.63, 3.8) is 0 Å². The van der Waals surface area contributed by atoms with Crippen LogP contribution < -0.4 is 5.32 Å². The summed E-state index contributed by atoms with van der Waals surface area (Å²) in [6.45, 7) is 6.11. The summed E-state index contributed by atoms with van der Waals surface area (Å²) >= 11 is 0. The minimum Gasteiger partial charge on any atom is -0.395 e. The van der Waals surface area contributed by atoms with E-state index in [4.69, 9.17) is 0 Å². The second kappa shape index (κ2) is 9.19. The molecule has 1 unspecified atom stereocenters. The lowest BCUT2D eigenvalue weighted by atomic mass is 10.0. The monoisotopic (exact) mass is 290 g/mol. The van der Waals surface area contributed by atoms with Gasteiger partial charge in [-0.1, -0.05) is 37.3 Å². The molecule has 3 nitrogen and oxygen atoms in total. The predicted molar refractivity (Wildman–Crippen MR) is 88.5 cm³/mol. The summed E-state index contributed by atoms with van der Waals surface area (Å²) in [7, 11) is 0. The summed E-state index contributed by atoms with van der Waals surface area (Å²) in [5.74, 6) is 0. The van der Waals surface area contributed by atoms with Crippen LogP contribution >= 0.6 is 0 Å². The summed E-state index contributed by atoms with van der Waals surface area (Å²) < 4.78 is 0. The zero-order chi connectivity index (χ0) is 14.9. The van der Waals surface area contributed by atoms with E-state index in [-0.39, 0.29) is 12.6 Å². The highest BCUT2D eigenvalue weighted by Gasteiger charge is 2.19. The van der Waals surface area contributed by atoms with Crippen LogP contribution in [-0.4, -0.2) is 48.3 Å². The van der Waals surface area contributed by atoms with Gasteiger partial charge in [0.05, 0.1) is 6.61 Å². The van der Waals surface area contributed by atoms with E-state index in [9.17, 15) is 5.11 Å². The van der Waals surface area contributed by atoms with Crippen molar-refractivity contribution in [1.29, 1.82) is 0 Å². The van der Waals surface area contributed by atoms with E-state index >= 15 is 0 Å². The molecule has 1 saturated heterocycles. The molecular weight excluding hydrogens is 260 g/mol. The molecule has 1 aliphatic rings. The molecule has 0 aliphatic carbocycles. The smallest absolute Gasteiger partial charge is 0.0587 e. The van der Waals surface area contributed by atoms with Gasteiger partial charge in [0.25, 0.3) is 0 Å². The van der Waals surface area contributed by atoms with Gasteiger partial charge in [-0.05, 0) is 57.3 Å². The molecule has 1 aromatic rings. The number of nitrogens with zero attached hydrogens (tertiary/aromatic N) is 1. The van der Waals surface area contributed by atoms with E-state index in [0.29, 0.717) is 6.04 Å². The fourth-order valence-corrected chi connectivity index (χ4v) is 3.27. The lowest BCUT2D eigenvalue weighted by molar-refractivity contribution is 0.224. The zero-order valence-electron chi connectivity index (χ0n) is 13.3. The van der Waals surface area contributed by atoms with E-state index in [1.165, 1.54) is 50.9 Å². The van der Waals surface area contributed by atoms with Crippen LogP contribution in [-0.2, 0) is 6.42 Å². The first-order valence-corrected chi connectivity index (χ1v) is 8.45. The van der Waals surface area contributed by atoms with Crippen molar-refractivity contribution in [2.24, 2.45) is 0 Å². The normalized spacial score (nSPS) is 21.9. The van der Waals surface area contributed by atoms with Crippen LogP contribution in [0.15, 0.2) is 30.3 Å². The Morgan fingerprint density at radius 2 is 2.05 bits per heavy atom. The first kappa shape index (κ1) is 16.5. The third kappa shape index (κ3) is 5.77. The van der Waals surface area contributed by atoms with Gasteiger partial charge in [-0.2, -0.15) is 0 Å². The minimum atomic E-state index is 0.176. The van der Waals surface area contributed by atoms with E-state index in [2.05, 4.69) is 41.4 Å². The van der Waals surface area contributed by atoms with Crippen LogP contribution in [0.5, 0.6) is 0 Å². The van der Waals surface area contributed by atoms with Crippen molar-refractivity contribution < 1.29 is 5.11 Å². The minimum absolute atomic E-state index is 0.176. The highest BCUT2D eigenvalue weighted by molar-refractivity contribution is 5.16. The van der Waals surface area contributed by atoms with Gasteiger partial charge in [0.1, 0.15) is 0 Å². The number of hydrogen-bond donors (Lipinski definition) is 2. The van der Waals surface area contributed by atoms with Crippen molar-refractivity contribution in [1.82, 2.24) is 10.2 Å². The molecule has 0 bridgehead atoms. The summed E-state index contributed by atoms with van der Waals surface area (Å²) in [5.41, 5.74) is 1.30. The quantitative estimate of drug-likeness (QED) is 0.809. The maximum absolute atomic E-state index is 9.65. The van der Waals surface area contributed by atoms with E-state index in [0.717, 1.165) is 6.42 Å². The molecule has 0 aromatic heterocycles. The Balaban J connectivity index is 1.81. The Kier molecular flexibility index (Phi) is 7.20. The SMILES string of the molecule is CCCN1CCCC(N[C@@H](CO)Cc2ccccc2)CC1. The Labute approximate surface area is 129 Å². The fourth-order valence-electron chi connectivity index (χ4n) is 3.27. The average molecular weight is 290 g/mol. The lowest BCUT2D eigenvalue weighted by Gasteiger charge is -2.24. The van der Waals surface area contributed by atoms with Gasteiger partial charge in [0.15, 0.2) is 0 Å². The van der Waals surface area contributed by atoms with Gasteiger partial charge in [-0.15, -0.1) is 0 Å². The molecule has 1 heterocycles. The lowest BCUT2D eigenvalue weighted by Crippen LogP contribution is -2.42. The molecule has 0 amide bonds. The Hall–Kier alpha value is -0.900. The van der Waals surface area contributed by atoms with Crippen molar-refractivity contribution >= 4 is 0 Å². The van der Waals surface area contributed by atoms with Gasteiger partial charge >= 0.3 is 0 Å². The fraction of sp³-hybridized carbons (Fsp3) is 0.667. The van der Waals surface area contributed by atoms with Crippen LogP contribution in [0.1, 0.15) is 38.2 Å². The summed E-state index contributed by atoms with van der Waals surface area (Å²) in [5, 5.41) is 13.3. The largest absolute Gasteiger partial charge is 0.395 e. The maximum atomic E-state index is 9.65. The van der Waals surface area contributed by atoms with Crippen LogP contribution in [0.25, 0.3) is 0 Å². The number of rotatable bonds is 7. The zero-order valence-corrected chi connectivity index (χ0v) is 13.3. The molecule has 0 spiro atoms. The number of aliphatic hydroxyl groups is 1. The van der Waals surface area contributed by atoms with Gasteiger partial charge in [-0.25, -0.2) is 0 Å². The van der Waals surface area contributed by atoms with Gasteiger partial charge < -0.3 is 15.3 Å². The second-order valence-electron chi connectivity index (χ2n) is 6.21. The number of hydrogen-bond acceptors (Lipinski definition) is 3. The highest BCUT2D eigenvalue weighted by Crippen LogP contribution is 2.13. The summed E-state index contributed by atoms with van der Waals surface area (Å²) in [6, 6.07) is 11.2. The molecule has 2 N–H and O–H groups in total. The molecule has 3 heteroatoms. The maximum Gasteiger partial charge on any atom is 0.0587 e. The third-order valence-electron chi connectivity index (χ3n) is 4.38. The van der Waals surface area contributed by atoms with E-state index < -0.39 is 0 Å². The predicted octanol–water partition coefficient (Wildman–Crippen LogP) is 2.44. The van der Waals surface area contributed by atoms with Crippen LogP contribution in [0, 0.1) is 0 Å². The summed E-state index contributed by atoms with van der Waals surface area (Å²) in [6.07, 6.45) is 5.84. The number of nitrogens with one attached hydrogen (secondary N) is 1. The van der Waals surface area contributed by atoms with E-state index in [1.807, 2.05) is 6.07 Å². The van der Waals surface area contributed by atoms with Crippen molar-refractivity contribution in [3.05, 3.63) is 35.9 Å². The van der Waals surface area contributed by atoms with Crippen LogP contribution in [0.2, 0.25) is 0 Å². The molecule has 21 heavy (non-hydrogen) atoms. The number of benzene rings is 1. The topological polar surface area (TPSA) is 35.5 Å². The Bertz CT molecular complexity index is 382. The highest BCUT2D eigenvalue weighted by atomic mass is 16.3. The molecule has 1 aliphatic heterocycles. The Morgan fingerprint density at radius 1 is 1.24 bits per heavy atom. The standard InChI is InChI=1S/C18H30N2O/c1-2-11-20-12-6-9-17(10-13-20)19-18(15-21)14-16-7-4-3-5-8-16/h3-5,7-8,17-19,21H,2,6,9-15H2,1H3/t17?,18-/m1/s1. The molecule has 118 valence electrons.